The molecule has 2 N–H and O–H groups in total. The number of amides is 1. The number of imidazole rings is 1. The summed E-state index contributed by atoms with van der Waals surface area (Å²) >= 11 is 0. The summed E-state index contributed by atoms with van der Waals surface area (Å²) in [5, 5.41) is 0. The van der Waals surface area contributed by atoms with E-state index in [9.17, 15) is 18.4 Å². The Bertz CT molecular complexity index is 1170. The molecule has 1 saturated heterocycles. The molecule has 0 bridgehead atoms. The number of pyridine rings is 1. The fourth-order valence-electron chi connectivity index (χ4n) is 3.96. The van der Waals surface area contributed by atoms with Crippen LogP contribution in [0.5, 0.6) is 0 Å². The average Bonchev–Trinajstić information content (AvgIpc) is 3.20. The number of fused-ring (bicyclic) bond motifs is 1. The quantitative estimate of drug-likeness (QED) is 0.693. The van der Waals surface area contributed by atoms with Gasteiger partial charge in [-0.2, -0.15) is 0 Å². The highest BCUT2D eigenvalue weighted by atomic mass is 19.3. The molecule has 3 heterocycles. The van der Waals surface area contributed by atoms with E-state index < -0.39 is 11.8 Å². The number of carbonyl (C=O) groups excluding carboxylic acids is 1. The van der Waals surface area contributed by atoms with Crippen molar-refractivity contribution in [1.29, 1.82) is 0 Å². The first-order valence-corrected chi connectivity index (χ1v) is 9.72. The van der Waals surface area contributed by atoms with E-state index in [1.165, 1.54) is 4.57 Å². The zero-order valence-corrected chi connectivity index (χ0v) is 16.8. The van der Waals surface area contributed by atoms with Crippen LogP contribution in [0, 0.1) is 0 Å². The Kier molecular flexibility index (Phi) is 4.93. The van der Waals surface area contributed by atoms with Crippen LogP contribution in [0.15, 0.2) is 41.3 Å². The number of nitrogens with zero attached hydrogens (tertiary/aromatic N) is 4. The smallest absolute Gasteiger partial charge is 0.329 e. The predicted molar refractivity (Wildman–Crippen MR) is 109 cm³/mol. The largest absolute Gasteiger partial charge is 0.366 e. The van der Waals surface area contributed by atoms with Gasteiger partial charge in [-0.25, -0.2) is 13.6 Å². The van der Waals surface area contributed by atoms with Crippen LogP contribution in [-0.2, 0) is 13.6 Å². The van der Waals surface area contributed by atoms with Gasteiger partial charge in [0.2, 0.25) is 5.91 Å². The Balaban J connectivity index is 1.60. The lowest BCUT2D eigenvalue weighted by Gasteiger charge is -2.23. The van der Waals surface area contributed by atoms with Crippen molar-refractivity contribution in [2.45, 2.75) is 31.9 Å². The van der Waals surface area contributed by atoms with Crippen molar-refractivity contribution in [2.24, 2.45) is 12.8 Å². The number of hydrogen-bond donors (Lipinski definition) is 1. The molecule has 1 amide bonds. The summed E-state index contributed by atoms with van der Waals surface area (Å²) < 4.78 is 30.1. The van der Waals surface area contributed by atoms with Gasteiger partial charge in [0.1, 0.15) is 0 Å². The number of alkyl halides is 2. The van der Waals surface area contributed by atoms with Crippen molar-refractivity contribution >= 4 is 16.9 Å². The van der Waals surface area contributed by atoms with Gasteiger partial charge in [-0.15, -0.1) is 0 Å². The van der Waals surface area contributed by atoms with E-state index in [4.69, 9.17) is 5.73 Å². The Morgan fingerprint density at radius 3 is 2.63 bits per heavy atom. The van der Waals surface area contributed by atoms with Gasteiger partial charge in [0, 0.05) is 37.8 Å². The summed E-state index contributed by atoms with van der Waals surface area (Å²) in [6.07, 6.45) is 1.52. The van der Waals surface area contributed by atoms with Crippen LogP contribution in [0.25, 0.3) is 11.0 Å². The number of carbonyl (C=O) groups is 1. The molecule has 1 atom stereocenters. The predicted octanol–water partition coefficient (Wildman–Crippen LogP) is 2.28. The summed E-state index contributed by atoms with van der Waals surface area (Å²) in [5.41, 5.74) is 8.27. The molecule has 4 rings (SSSR count). The number of rotatable bonds is 5. The molecule has 1 aliphatic rings. The number of primary amides is 1. The van der Waals surface area contributed by atoms with Gasteiger partial charge in [-0.3, -0.25) is 23.8 Å². The highest BCUT2D eigenvalue weighted by Gasteiger charge is 2.40. The van der Waals surface area contributed by atoms with E-state index in [1.54, 1.807) is 40.9 Å². The zero-order valence-electron chi connectivity index (χ0n) is 16.8. The fourth-order valence-corrected chi connectivity index (χ4v) is 3.96. The summed E-state index contributed by atoms with van der Waals surface area (Å²) in [6.45, 7) is 2.21. The Morgan fingerprint density at radius 1 is 1.27 bits per heavy atom. The van der Waals surface area contributed by atoms with Crippen molar-refractivity contribution < 1.29 is 13.6 Å². The monoisotopic (exact) mass is 415 g/mol. The molecular weight excluding hydrogens is 392 g/mol. The number of hydrogen-bond acceptors (Lipinski definition) is 4. The maximum absolute atomic E-state index is 13.5. The van der Waals surface area contributed by atoms with Crippen LogP contribution < -0.4 is 11.4 Å². The summed E-state index contributed by atoms with van der Waals surface area (Å²) in [5.74, 6) is -3.21. The highest BCUT2D eigenvalue weighted by Crippen LogP contribution is 2.32. The Hall–Kier alpha value is -3.07. The molecule has 1 aliphatic heterocycles. The normalized spacial score (nSPS) is 17.5. The zero-order chi connectivity index (χ0) is 21.6. The van der Waals surface area contributed by atoms with Crippen LogP contribution in [-0.4, -0.2) is 43.9 Å². The van der Waals surface area contributed by atoms with Crippen molar-refractivity contribution in [3.8, 4) is 0 Å². The lowest BCUT2D eigenvalue weighted by molar-refractivity contribution is 0.00814. The first-order chi connectivity index (χ1) is 14.2. The number of halogens is 2. The van der Waals surface area contributed by atoms with Crippen LogP contribution in [0.2, 0.25) is 0 Å². The van der Waals surface area contributed by atoms with Crippen LogP contribution in [0.1, 0.15) is 41.0 Å². The van der Waals surface area contributed by atoms with Gasteiger partial charge < -0.3 is 5.73 Å². The highest BCUT2D eigenvalue weighted by molar-refractivity contribution is 5.96. The van der Waals surface area contributed by atoms with Crippen molar-refractivity contribution in [1.82, 2.24) is 19.0 Å². The number of likely N-dealkylation sites (tertiary alicyclic amines) is 1. The molecule has 2 aromatic heterocycles. The average molecular weight is 415 g/mol. The van der Waals surface area contributed by atoms with E-state index in [0.29, 0.717) is 28.8 Å². The van der Waals surface area contributed by atoms with Gasteiger partial charge in [0.05, 0.1) is 29.8 Å². The maximum atomic E-state index is 13.5. The van der Waals surface area contributed by atoms with Gasteiger partial charge in [0.15, 0.2) is 0 Å². The number of benzene rings is 1. The molecule has 1 unspecified atom stereocenters. The van der Waals surface area contributed by atoms with Crippen LogP contribution in [0.4, 0.5) is 8.78 Å². The number of nitrogens with two attached hydrogens (primary N) is 1. The van der Waals surface area contributed by atoms with Gasteiger partial charge >= 0.3 is 5.69 Å². The molecule has 9 heteroatoms. The molecule has 0 saturated carbocycles. The Morgan fingerprint density at radius 2 is 2.03 bits per heavy atom. The molecule has 158 valence electrons. The summed E-state index contributed by atoms with van der Waals surface area (Å²) in [6, 6.07) is 8.33. The summed E-state index contributed by atoms with van der Waals surface area (Å²) in [4.78, 5) is 30.4. The minimum atomic E-state index is -2.65. The van der Waals surface area contributed by atoms with Gasteiger partial charge in [0.25, 0.3) is 5.92 Å². The van der Waals surface area contributed by atoms with Crippen molar-refractivity contribution in [3.05, 3.63) is 63.8 Å². The molecule has 7 nitrogen and oxygen atoms in total. The number of aromatic nitrogens is 3. The third-order valence-corrected chi connectivity index (χ3v) is 5.79. The number of aryl methyl sites for hydroxylation is 1. The second-order valence-electron chi connectivity index (χ2n) is 7.84. The minimum Gasteiger partial charge on any atom is -0.366 e. The second-order valence-corrected chi connectivity index (χ2v) is 7.84. The van der Waals surface area contributed by atoms with E-state index in [0.717, 1.165) is 5.56 Å². The topological polar surface area (TPSA) is 86.2 Å². The maximum Gasteiger partial charge on any atom is 0.329 e. The van der Waals surface area contributed by atoms with E-state index >= 15 is 0 Å². The Labute approximate surface area is 171 Å². The molecule has 1 aromatic carbocycles. The third-order valence-electron chi connectivity index (χ3n) is 5.79. The lowest BCUT2D eigenvalue weighted by atomic mass is 10.1. The van der Waals surface area contributed by atoms with Crippen molar-refractivity contribution in [3.63, 3.8) is 0 Å². The van der Waals surface area contributed by atoms with Crippen LogP contribution in [0.3, 0.4) is 0 Å². The van der Waals surface area contributed by atoms with E-state index in [2.05, 4.69) is 4.98 Å². The van der Waals surface area contributed by atoms with Crippen molar-refractivity contribution in [2.75, 3.05) is 13.1 Å². The molecule has 0 aliphatic carbocycles. The SMILES string of the molecule is CC(c1ccc(Cn2c(=O)n(C)c3ccc(C(N)=O)cc32)cn1)N1CCC(F)(F)C1. The third kappa shape index (κ3) is 3.60. The molecular formula is C21H23F2N5O2. The fraction of sp³-hybridized carbons (Fsp3) is 0.381. The van der Waals surface area contributed by atoms with Gasteiger partial charge in [-0.05, 0) is 36.8 Å². The second kappa shape index (κ2) is 7.32. The van der Waals surface area contributed by atoms with E-state index in [-0.39, 0.29) is 31.2 Å². The minimum absolute atomic E-state index is 0.132. The summed E-state index contributed by atoms with van der Waals surface area (Å²) in [7, 11) is 1.67. The van der Waals surface area contributed by atoms with Crippen LogP contribution >= 0.6 is 0 Å². The standard InChI is InChI=1S/C21H23F2N5O2/c1-13(27-8-7-21(22,23)12-27)16-5-3-14(10-25-16)11-28-18-9-15(19(24)29)4-6-17(18)26(2)20(28)30/h3-6,9-10,13H,7-8,11-12H2,1-2H3,(H2,24,29). The molecule has 3 aromatic rings. The molecule has 0 radical (unpaired) electrons. The lowest BCUT2D eigenvalue weighted by Crippen LogP contribution is -2.28. The first kappa shape index (κ1) is 20.2. The first-order valence-electron chi connectivity index (χ1n) is 9.72. The molecule has 30 heavy (non-hydrogen) atoms. The van der Waals surface area contributed by atoms with E-state index in [1.807, 2.05) is 19.1 Å². The molecule has 1 fully saturated rings. The molecule has 0 spiro atoms. The van der Waals surface area contributed by atoms with Gasteiger partial charge in [-0.1, -0.05) is 6.07 Å².